The van der Waals surface area contributed by atoms with Gasteiger partial charge in [-0.15, -0.1) is 0 Å². The lowest BCUT2D eigenvalue weighted by molar-refractivity contribution is -0.148. The zero-order valence-electron chi connectivity index (χ0n) is 12.1. The number of carbonyl (C=O) groups is 2. The zero-order chi connectivity index (χ0) is 15.9. The molecule has 2 aromatic rings. The van der Waals surface area contributed by atoms with E-state index in [2.05, 4.69) is 10.1 Å². The maximum atomic E-state index is 12.4. The average molecular weight is 304 g/mol. The van der Waals surface area contributed by atoms with Gasteiger partial charge in [-0.2, -0.15) is 0 Å². The van der Waals surface area contributed by atoms with Crippen molar-refractivity contribution in [2.24, 2.45) is 0 Å². The number of hydrogen-bond acceptors (Lipinski definition) is 4. The van der Waals surface area contributed by atoms with Crippen LogP contribution in [0.1, 0.15) is 24.1 Å². The Bertz CT molecular complexity index is 807. The van der Waals surface area contributed by atoms with Crippen LogP contribution >= 0.6 is 0 Å². The Kier molecular flexibility index (Phi) is 3.44. The summed E-state index contributed by atoms with van der Waals surface area (Å²) in [6.45, 7) is 2.09. The SMILES string of the molecule is Cc1nc2cc[nH]n2c(=O)c1CC(=O)N1CCC[C@H]1C(=O)O. The van der Waals surface area contributed by atoms with E-state index < -0.39 is 12.0 Å². The fraction of sp³-hybridized carbons (Fsp3) is 0.429. The molecule has 2 aromatic heterocycles. The minimum atomic E-state index is -1.00. The highest BCUT2D eigenvalue weighted by molar-refractivity contribution is 5.85. The van der Waals surface area contributed by atoms with Crippen molar-refractivity contribution in [2.75, 3.05) is 6.54 Å². The molecule has 1 fully saturated rings. The molecule has 8 heteroatoms. The van der Waals surface area contributed by atoms with Crippen LogP contribution in [-0.2, 0) is 16.0 Å². The lowest BCUT2D eigenvalue weighted by atomic mass is 10.1. The predicted molar refractivity (Wildman–Crippen MR) is 76.6 cm³/mol. The molecule has 0 unspecified atom stereocenters. The fourth-order valence-electron chi connectivity index (χ4n) is 2.88. The largest absolute Gasteiger partial charge is 0.480 e. The number of rotatable bonds is 3. The number of aryl methyl sites for hydroxylation is 1. The third-order valence-electron chi connectivity index (χ3n) is 4.03. The fourth-order valence-corrected chi connectivity index (χ4v) is 2.88. The number of carbonyl (C=O) groups excluding carboxylic acids is 1. The Morgan fingerprint density at radius 2 is 2.27 bits per heavy atom. The smallest absolute Gasteiger partial charge is 0.326 e. The summed E-state index contributed by atoms with van der Waals surface area (Å²) in [6.07, 6.45) is 2.57. The summed E-state index contributed by atoms with van der Waals surface area (Å²) in [7, 11) is 0. The summed E-state index contributed by atoms with van der Waals surface area (Å²) in [5.41, 5.74) is 0.945. The number of carboxylic acid groups (broad SMARTS) is 1. The molecular formula is C14H16N4O4. The van der Waals surface area contributed by atoms with Gasteiger partial charge in [0.15, 0.2) is 5.65 Å². The van der Waals surface area contributed by atoms with Crippen molar-refractivity contribution >= 4 is 17.5 Å². The first-order valence-corrected chi connectivity index (χ1v) is 7.07. The van der Waals surface area contributed by atoms with Gasteiger partial charge in [0, 0.05) is 30.1 Å². The highest BCUT2D eigenvalue weighted by atomic mass is 16.4. The monoisotopic (exact) mass is 304 g/mol. The number of hydrogen-bond donors (Lipinski definition) is 2. The molecule has 0 bridgehead atoms. The van der Waals surface area contributed by atoms with Gasteiger partial charge in [-0.1, -0.05) is 0 Å². The van der Waals surface area contributed by atoms with Crippen LogP contribution in [0.25, 0.3) is 5.65 Å². The van der Waals surface area contributed by atoms with Gasteiger partial charge in [-0.25, -0.2) is 14.3 Å². The number of aliphatic carboxylic acids is 1. The van der Waals surface area contributed by atoms with Gasteiger partial charge in [-0.3, -0.25) is 14.7 Å². The summed E-state index contributed by atoms with van der Waals surface area (Å²) in [5, 5.41) is 11.9. The number of aromatic amines is 1. The normalized spacial score (nSPS) is 18.0. The molecule has 8 nitrogen and oxygen atoms in total. The summed E-state index contributed by atoms with van der Waals surface area (Å²) in [6, 6.07) is 0.874. The van der Waals surface area contributed by atoms with Gasteiger partial charge in [0.05, 0.1) is 6.42 Å². The van der Waals surface area contributed by atoms with E-state index in [-0.39, 0.29) is 17.9 Å². The van der Waals surface area contributed by atoms with Crippen LogP contribution in [0.2, 0.25) is 0 Å². The molecule has 1 amide bonds. The molecule has 0 spiro atoms. The summed E-state index contributed by atoms with van der Waals surface area (Å²) < 4.78 is 1.27. The standard InChI is InChI=1S/C14H16N4O4/c1-8-9(13(20)18-11(16-8)4-5-15-18)7-12(19)17-6-2-3-10(17)14(21)22/h4-5,10,15H,2-3,6-7H2,1H3,(H,21,22)/t10-/m0/s1. The third kappa shape index (κ3) is 2.26. The number of H-pyrrole nitrogens is 1. The Morgan fingerprint density at radius 1 is 1.50 bits per heavy atom. The minimum Gasteiger partial charge on any atom is -0.480 e. The number of amides is 1. The van der Waals surface area contributed by atoms with E-state index in [1.807, 2.05) is 0 Å². The Balaban J connectivity index is 1.91. The summed E-state index contributed by atoms with van der Waals surface area (Å²) in [4.78, 5) is 41.5. The molecule has 0 aromatic carbocycles. The first-order chi connectivity index (χ1) is 10.5. The van der Waals surface area contributed by atoms with Gasteiger partial charge < -0.3 is 10.0 Å². The molecular weight excluding hydrogens is 288 g/mol. The van der Waals surface area contributed by atoms with Gasteiger partial charge in [0.25, 0.3) is 5.56 Å². The number of carboxylic acids is 1. The summed E-state index contributed by atoms with van der Waals surface area (Å²) >= 11 is 0. The second-order valence-electron chi connectivity index (χ2n) is 5.40. The van der Waals surface area contributed by atoms with Crippen LogP contribution in [0.5, 0.6) is 0 Å². The first kappa shape index (κ1) is 14.3. The highest BCUT2D eigenvalue weighted by Gasteiger charge is 2.34. The maximum Gasteiger partial charge on any atom is 0.326 e. The molecule has 0 aliphatic carbocycles. The van der Waals surface area contributed by atoms with Gasteiger partial charge in [0.2, 0.25) is 5.91 Å². The third-order valence-corrected chi connectivity index (χ3v) is 4.03. The lowest BCUT2D eigenvalue weighted by Crippen LogP contribution is -2.42. The average Bonchev–Trinajstić information content (AvgIpc) is 3.11. The lowest BCUT2D eigenvalue weighted by Gasteiger charge is -2.21. The first-order valence-electron chi connectivity index (χ1n) is 7.07. The molecule has 3 heterocycles. The van der Waals surface area contributed by atoms with Crippen LogP contribution in [0.3, 0.4) is 0 Å². The van der Waals surface area contributed by atoms with Crippen molar-refractivity contribution in [1.82, 2.24) is 19.5 Å². The molecule has 1 aliphatic rings. The zero-order valence-corrected chi connectivity index (χ0v) is 12.1. The van der Waals surface area contributed by atoms with Gasteiger partial charge in [-0.05, 0) is 19.8 Å². The van der Waals surface area contributed by atoms with E-state index in [0.29, 0.717) is 36.3 Å². The van der Waals surface area contributed by atoms with Crippen LogP contribution in [-0.4, -0.2) is 49.1 Å². The van der Waals surface area contributed by atoms with E-state index in [0.717, 1.165) is 0 Å². The van der Waals surface area contributed by atoms with Crippen LogP contribution in [0.4, 0.5) is 0 Å². The van der Waals surface area contributed by atoms with E-state index in [1.54, 1.807) is 19.2 Å². The molecule has 1 saturated heterocycles. The molecule has 116 valence electrons. The topological polar surface area (TPSA) is 108 Å². The molecule has 3 rings (SSSR count). The van der Waals surface area contributed by atoms with Crippen molar-refractivity contribution in [3.05, 3.63) is 33.9 Å². The minimum absolute atomic E-state index is 0.136. The van der Waals surface area contributed by atoms with Crippen molar-refractivity contribution in [3.63, 3.8) is 0 Å². The van der Waals surface area contributed by atoms with Crippen LogP contribution in [0.15, 0.2) is 17.1 Å². The maximum absolute atomic E-state index is 12.4. The van der Waals surface area contributed by atoms with Crippen molar-refractivity contribution in [2.45, 2.75) is 32.2 Å². The summed E-state index contributed by atoms with van der Waals surface area (Å²) in [5.74, 6) is -1.35. The molecule has 0 saturated carbocycles. The molecule has 1 aliphatic heterocycles. The van der Waals surface area contributed by atoms with Crippen molar-refractivity contribution < 1.29 is 14.7 Å². The van der Waals surface area contributed by atoms with Crippen molar-refractivity contribution in [1.29, 1.82) is 0 Å². The van der Waals surface area contributed by atoms with E-state index >= 15 is 0 Å². The number of fused-ring (bicyclic) bond motifs is 1. The van der Waals surface area contributed by atoms with Crippen molar-refractivity contribution in [3.8, 4) is 0 Å². The van der Waals surface area contributed by atoms with E-state index in [1.165, 1.54) is 9.42 Å². The number of likely N-dealkylation sites (tertiary alicyclic amines) is 1. The molecule has 22 heavy (non-hydrogen) atoms. The van der Waals surface area contributed by atoms with Crippen LogP contribution < -0.4 is 5.56 Å². The number of nitrogens with zero attached hydrogens (tertiary/aromatic N) is 3. The molecule has 2 N–H and O–H groups in total. The molecule has 1 atom stereocenters. The predicted octanol–water partition coefficient (Wildman–Crippen LogP) is -0.0509. The van der Waals surface area contributed by atoms with Crippen LogP contribution in [0, 0.1) is 6.92 Å². The highest BCUT2D eigenvalue weighted by Crippen LogP contribution is 2.18. The second-order valence-corrected chi connectivity index (χ2v) is 5.40. The Hall–Kier alpha value is -2.64. The Labute approximate surface area is 125 Å². The Morgan fingerprint density at radius 3 is 3.00 bits per heavy atom. The molecule has 0 radical (unpaired) electrons. The quantitative estimate of drug-likeness (QED) is 0.826. The van der Waals surface area contributed by atoms with Gasteiger partial charge in [0.1, 0.15) is 6.04 Å². The van der Waals surface area contributed by atoms with Gasteiger partial charge >= 0.3 is 5.97 Å². The number of nitrogens with one attached hydrogen (secondary N) is 1. The van der Waals surface area contributed by atoms with E-state index in [9.17, 15) is 14.4 Å². The number of aromatic nitrogens is 3. The second kappa shape index (κ2) is 5.28. The van der Waals surface area contributed by atoms with E-state index in [4.69, 9.17) is 5.11 Å².